The predicted octanol–water partition coefficient (Wildman–Crippen LogP) is 6.25. The Balaban J connectivity index is 1.30. The smallest absolute Gasteiger partial charge is 0.119 e. The van der Waals surface area contributed by atoms with Gasteiger partial charge in [0.1, 0.15) is 5.75 Å². The molecule has 2 aromatic rings. The van der Waals surface area contributed by atoms with Crippen molar-refractivity contribution in [1.82, 2.24) is 9.91 Å². The quantitative estimate of drug-likeness (QED) is 0.436. The van der Waals surface area contributed by atoms with Gasteiger partial charge in [-0.3, -0.25) is 5.01 Å². The van der Waals surface area contributed by atoms with Crippen LogP contribution in [0.25, 0.3) is 0 Å². The molecule has 0 amide bonds. The molecule has 166 valence electrons. The topological polar surface area (TPSA) is 28.1 Å². The fourth-order valence-corrected chi connectivity index (χ4v) is 4.86. The predicted molar refractivity (Wildman–Crippen MR) is 129 cm³/mol. The van der Waals surface area contributed by atoms with Gasteiger partial charge in [0, 0.05) is 29.2 Å². The molecule has 0 bridgehead atoms. The summed E-state index contributed by atoms with van der Waals surface area (Å²) in [6, 6.07) is 14.7. The van der Waals surface area contributed by atoms with Gasteiger partial charge >= 0.3 is 0 Å². The minimum absolute atomic E-state index is 0.657. The summed E-state index contributed by atoms with van der Waals surface area (Å²) >= 11 is 12.4. The van der Waals surface area contributed by atoms with Gasteiger partial charge in [-0.25, -0.2) is 0 Å². The number of ether oxygens (including phenoxy) is 1. The fourth-order valence-electron chi connectivity index (χ4n) is 4.39. The first-order valence-electron chi connectivity index (χ1n) is 11.3. The molecule has 1 saturated heterocycles. The fraction of sp³-hybridized carbons (Fsp3) is 0.480. The van der Waals surface area contributed by atoms with Crippen molar-refractivity contribution < 1.29 is 4.74 Å². The summed E-state index contributed by atoms with van der Waals surface area (Å²) in [5.74, 6) is 0.930. The molecule has 31 heavy (non-hydrogen) atoms. The van der Waals surface area contributed by atoms with Crippen molar-refractivity contribution in [2.24, 2.45) is 5.10 Å². The zero-order valence-electron chi connectivity index (χ0n) is 18.2. The van der Waals surface area contributed by atoms with Crippen molar-refractivity contribution >= 4 is 28.9 Å². The molecule has 4 rings (SSSR count). The van der Waals surface area contributed by atoms with E-state index in [9.17, 15) is 0 Å². The Kier molecular flexibility index (Phi) is 7.76. The van der Waals surface area contributed by atoms with Crippen LogP contribution in [-0.4, -0.2) is 47.9 Å². The van der Waals surface area contributed by atoms with Gasteiger partial charge < -0.3 is 9.64 Å². The number of rotatable bonds is 8. The van der Waals surface area contributed by atoms with E-state index >= 15 is 0 Å². The summed E-state index contributed by atoms with van der Waals surface area (Å²) in [4.78, 5) is 2.57. The van der Waals surface area contributed by atoms with Crippen LogP contribution < -0.4 is 4.74 Å². The SMILES string of the molecule is C[C@@H]1CCCN1CCCOc1ccc(C2=NN(Cc3ccc(Cl)cc3Cl)CCC2)cc1. The number of nitrogens with zero attached hydrogens (tertiary/aromatic N) is 3. The van der Waals surface area contributed by atoms with Crippen LogP contribution in [0.2, 0.25) is 10.0 Å². The highest BCUT2D eigenvalue weighted by atomic mass is 35.5. The Morgan fingerprint density at radius 1 is 1.06 bits per heavy atom. The molecule has 2 aromatic carbocycles. The van der Waals surface area contributed by atoms with Crippen molar-refractivity contribution in [2.75, 3.05) is 26.2 Å². The summed E-state index contributed by atoms with van der Waals surface area (Å²) in [6.07, 6.45) is 5.80. The van der Waals surface area contributed by atoms with Crippen LogP contribution in [0, 0.1) is 0 Å². The minimum atomic E-state index is 0.657. The molecular formula is C25H31Cl2N3O. The van der Waals surface area contributed by atoms with Crippen molar-refractivity contribution in [1.29, 1.82) is 0 Å². The zero-order valence-corrected chi connectivity index (χ0v) is 19.7. The average molecular weight is 460 g/mol. The van der Waals surface area contributed by atoms with E-state index in [-0.39, 0.29) is 0 Å². The lowest BCUT2D eigenvalue weighted by Crippen LogP contribution is -2.28. The van der Waals surface area contributed by atoms with Crippen molar-refractivity contribution in [2.45, 2.75) is 51.6 Å². The van der Waals surface area contributed by atoms with Crippen LogP contribution >= 0.6 is 23.2 Å². The molecule has 0 aromatic heterocycles. The third-order valence-electron chi connectivity index (χ3n) is 6.20. The standard InChI is InChI=1S/C25H31Cl2N3O/c1-19-5-2-13-29(19)14-4-16-31-23-11-8-20(9-12-23)25-6-3-15-30(28-25)18-21-7-10-22(26)17-24(21)27/h7-12,17,19H,2-6,13-16,18H2,1H3/t19-/m1/s1. The molecule has 0 unspecified atom stereocenters. The molecule has 2 aliphatic rings. The second kappa shape index (κ2) is 10.7. The number of halogens is 2. The maximum absolute atomic E-state index is 6.34. The molecular weight excluding hydrogens is 429 g/mol. The molecule has 0 N–H and O–H groups in total. The third kappa shape index (κ3) is 6.15. The Labute approximate surface area is 195 Å². The molecule has 2 heterocycles. The largest absolute Gasteiger partial charge is 0.494 e. The normalized spacial score (nSPS) is 19.5. The summed E-state index contributed by atoms with van der Waals surface area (Å²) in [7, 11) is 0. The minimum Gasteiger partial charge on any atom is -0.494 e. The van der Waals surface area contributed by atoms with Gasteiger partial charge in [0.2, 0.25) is 0 Å². The maximum Gasteiger partial charge on any atom is 0.119 e. The Hall–Kier alpha value is -1.75. The maximum atomic E-state index is 6.34. The molecule has 0 spiro atoms. The molecule has 1 fully saturated rings. The summed E-state index contributed by atoms with van der Waals surface area (Å²) in [5, 5.41) is 8.32. The molecule has 2 aliphatic heterocycles. The zero-order chi connectivity index (χ0) is 21.6. The van der Waals surface area contributed by atoms with Crippen LogP contribution in [0.15, 0.2) is 47.6 Å². The lowest BCUT2D eigenvalue weighted by molar-refractivity contribution is 0.230. The summed E-state index contributed by atoms with van der Waals surface area (Å²) < 4.78 is 5.96. The van der Waals surface area contributed by atoms with Crippen molar-refractivity contribution in [3.63, 3.8) is 0 Å². The Bertz CT molecular complexity index is 900. The van der Waals surface area contributed by atoms with Gasteiger partial charge in [0.25, 0.3) is 0 Å². The van der Waals surface area contributed by atoms with Crippen LogP contribution in [0.5, 0.6) is 5.75 Å². The second-order valence-electron chi connectivity index (χ2n) is 8.53. The highest BCUT2D eigenvalue weighted by molar-refractivity contribution is 6.35. The molecule has 0 aliphatic carbocycles. The number of hydrogen-bond acceptors (Lipinski definition) is 4. The van der Waals surface area contributed by atoms with Crippen molar-refractivity contribution in [3.05, 3.63) is 63.6 Å². The van der Waals surface area contributed by atoms with E-state index in [1.54, 1.807) is 6.07 Å². The Morgan fingerprint density at radius 3 is 2.65 bits per heavy atom. The first kappa shape index (κ1) is 22.4. The van der Waals surface area contributed by atoms with E-state index in [0.717, 1.165) is 67.6 Å². The first-order valence-corrected chi connectivity index (χ1v) is 12.1. The van der Waals surface area contributed by atoms with Gasteiger partial charge in [-0.2, -0.15) is 5.10 Å². The van der Waals surface area contributed by atoms with E-state index in [0.29, 0.717) is 16.6 Å². The summed E-state index contributed by atoms with van der Waals surface area (Å²) in [5.41, 5.74) is 3.32. The highest BCUT2D eigenvalue weighted by Crippen LogP contribution is 2.24. The lowest BCUT2D eigenvalue weighted by atomic mass is 10.0. The number of hydrazone groups is 1. The number of likely N-dealkylation sites (tertiary alicyclic amines) is 1. The number of benzene rings is 2. The Morgan fingerprint density at radius 2 is 1.90 bits per heavy atom. The molecule has 4 nitrogen and oxygen atoms in total. The third-order valence-corrected chi connectivity index (χ3v) is 6.78. The number of hydrogen-bond donors (Lipinski definition) is 0. The van der Waals surface area contributed by atoms with Crippen LogP contribution in [0.3, 0.4) is 0 Å². The van der Waals surface area contributed by atoms with Crippen LogP contribution in [-0.2, 0) is 6.54 Å². The van der Waals surface area contributed by atoms with E-state index in [4.69, 9.17) is 33.0 Å². The van der Waals surface area contributed by atoms with Gasteiger partial charge in [0.05, 0.1) is 18.9 Å². The summed E-state index contributed by atoms with van der Waals surface area (Å²) in [6.45, 7) is 7.07. The lowest BCUT2D eigenvalue weighted by Gasteiger charge is -2.26. The second-order valence-corrected chi connectivity index (χ2v) is 9.37. The monoisotopic (exact) mass is 459 g/mol. The molecule has 0 saturated carbocycles. The van der Waals surface area contributed by atoms with Gasteiger partial charge in [0.15, 0.2) is 0 Å². The van der Waals surface area contributed by atoms with E-state index in [1.165, 1.54) is 19.4 Å². The van der Waals surface area contributed by atoms with Crippen LogP contribution in [0.1, 0.15) is 50.2 Å². The highest BCUT2D eigenvalue weighted by Gasteiger charge is 2.19. The molecule has 0 radical (unpaired) electrons. The van der Waals surface area contributed by atoms with Gasteiger partial charge in [-0.15, -0.1) is 0 Å². The molecule has 1 atom stereocenters. The van der Waals surface area contributed by atoms with E-state index in [2.05, 4.69) is 41.1 Å². The van der Waals surface area contributed by atoms with E-state index < -0.39 is 0 Å². The van der Waals surface area contributed by atoms with E-state index in [1.807, 2.05) is 12.1 Å². The van der Waals surface area contributed by atoms with Gasteiger partial charge in [-0.1, -0.05) is 29.3 Å². The van der Waals surface area contributed by atoms with Crippen LogP contribution in [0.4, 0.5) is 0 Å². The van der Waals surface area contributed by atoms with Gasteiger partial charge in [-0.05, 0) is 93.1 Å². The first-order chi connectivity index (χ1) is 15.1. The van der Waals surface area contributed by atoms with Crippen molar-refractivity contribution in [3.8, 4) is 5.75 Å². The average Bonchev–Trinajstić information content (AvgIpc) is 3.18. The molecule has 6 heteroatoms.